The highest BCUT2D eigenvalue weighted by Crippen LogP contribution is 2.18. The van der Waals surface area contributed by atoms with Gasteiger partial charge in [-0.15, -0.1) is 5.11 Å². The van der Waals surface area contributed by atoms with Crippen LogP contribution in [0.4, 0.5) is 11.4 Å². The van der Waals surface area contributed by atoms with Crippen molar-refractivity contribution < 1.29 is 4.74 Å². The third-order valence-electron chi connectivity index (χ3n) is 3.29. The van der Waals surface area contributed by atoms with Gasteiger partial charge in [-0.25, -0.2) is 4.98 Å². The van der Waals surface area contributed by atoms with Gasteiger partial charge in [0.15, 0.2) is 5.69 Å². The number of hydrogen-bond acceptors (Lipinski definition) is 6. The molecule has 0 atom stereocenters. The fraction of sp³-hybridized carbons (Fsp3) is 0.188. The molecule has 2 heterocycles. The van der Waals surface area contributed by atoms with Gasteiger partial charge in [0.2, 0.25) is 5.88 Å². The summed E-state index contributed by atoms with van der Waals surface area (Å²) in [5.74, 6) is 0.574. The maximum Gasteiger partial charge on any atom is 0.301 e. The predicted octanol–water partition coefficient (Wildman–Crippen LogP) is 3.00. The molecule has 0 aliphatic rings. The third-order valence-corrected chi connectivity index (χ3v) is 3.29. The number of nitrogens with zero attached hydrogens (tertiary/aromatic N) is 5. The summed E-state index contributed by atoms with van der Waals surface area (Å²) in [5, 5.41) is 11.1. The number of ether oxygens (including phenoxy) is 1. The Labute approximate surface area is 137 Å². The van der Waals surface area contributed by atoms with Crippen molar-refractivity contribution in [3.05, 3.63) is 58.1 Å². The van der Waals surface area contributed by atoms with Crippen LogP contribution in [0.2, 0.25) is 0 Å². The molecule has 24 heavy (non-hydrogen) atoms. The van der Waals surface area contributed by atoms with Gasteiger partial charge < -0.3 is 4.74 Å². The molecule has 2 aromatic heterocycles. The number of methoxy groups -OCH3 is 1. The monoisotopic (exact) mass is 324 g/mol. The van der Waals surface area contributed by atoms with Crippen molar-refractivity contribution in [2.75, 3.05) is 7.11 Å². The minimum Gasteiger partial charge on any atom is -0.481 e. The van der Waals surface area contributed by atoms with Crippen molar-refractivity contribution in [1.29, 1.82) is 0 Å². The van der Waals surface area contributed by atoms with Crippen LogP contribution in [0, 0.1) is 13.8 Å². The average molecular weight is 324 g/mol. The number of nitrogens with one attached hydrogen (secondary N) is 1. The minimum absolute atomic E-state index is 0.195. The molecular formula is C16H16N6O2. The first kappa shape index (κ1) is 15.6. The second kappa shape index (κ2) is 6.45. The summed E-state index contributed by atoms with van der Waals surface area (Å²) < 4.78 is 6.34. The maximum atomic E-state index is 12.6. The molecule has 0 saturated carbocycles. The molecule has 3 rings (SSSR count). The Morgan fingerprint density at radius 2 is 1.88 bits per heavy atom. The summed E-state index contributed by atoms with van der Waals surface area (Å²) in [6.45, 7) is 3.54. The minimum atomic E-state index is -0.375. The van der Waals surface area contributed by atoms with Crippen LogP contribution >= 0.6 is 0 Å². The molecule has 0 aliphatic heterocycles. The second-order valence-corrected chi connectivity index (χ2v) is 5.11. The number of benzene rings is 1. The van der Waals surface area contributed by atoms with Crippen LogP contribution in [0.25, 0.3) is 5.95 Å². The summed E-state index contributed by atoms with van der Waals surface area (Å²) in [7, 11) is 1.51. The second-order valence-electron chi connectivity index (χ2n) is 5.11. The van der Waals surface area contributed by atoms with E-state index >= 15 is 0 Å². The number of azo groups is 1. The van der Waals surface area contributed by atoms with Crippen LogP contribution in [0.1, 0.15) is 11.4 Å². The van der Waals surface area contributed by atoms with Gasteiger partial charge >= 0.3 is 5.56 Å². The lowest BCUT2D eigenvalue weighted by atomic mass is 10.3. The smallest absolute Gasteiger partial charge is 0.301 e. The van der Waals surface area contributed by atoms with Crippen LogP contribution in [0.3, 0.4) is 0 Å². The maximum absolute atomic E-state index is 12.6. The third kappa shape index (κ3) is 3.07. The van der Waals surface area contributed by atoms with Crippen LogP contribution in [0.15, 0.2) is 51.4 Å². The van der Waals surface area contributed by atoms with E-state index in [0.717, 1.165) is 0 Å². The Balaban J connectivity index is 2.03. The summed E-state index contributed by atoms with van der Waals surface area (Å²) >= 11 is 0. The molecule has 0 bridgehead atoms. The van der Waals surface area contributed by atoms with Gasteiger partial charge in [0.05, 0.1) is 18.5 Å². The van der Waals surface area contributed by atoms with E-state index in [1.165, 1.54) is 11.8 Å². The zero-order chi connectivity index (χ0) is 17.1. The Morgan fingerprint density at radius 3 is 2.58 bits per heavy atom. The number of H-pyrrole nitrogens is 1. The van der Waals surface area contributed by atoms with Crippen molar-refractivity contribution in [3.63, 3.8) is 0 Å². The van der Waals surface area contributed by atoms with Gasteiger partial charge in [-0.3, -0.25) is 9.89 Å². The predicted molar refractivity (Wildman–Crippen MR) is 88.6 cm³/mol. The summed E-state index contributed by atoms with van der Waals surface area (Å²) in [5.41, 5.74) is 1.76. The van der Waals surface area contributed by atoms with Crippen molar-refractivity contribution >= 4 is 11.4 Å². The lowest BCUT2D eigenvalue weighted by Crippen LogP contribution is -2.17. The molecule has 0 spiro atoms. The lowest BCUT2D eigenvalue weighted by molar-refractivity contribution is 0.395. The van der Waals surface area contributed by atoms with Gasteiger partial charge in [-0.2, -0.15) is 14.8 Å². The highest BCUT2D eigenvalue weighted by atomic mass is 16.5. The zero-order valence-electron chi connectivity index (χ0n) is 13.5. The molecule has 0 fully saturated rings. The van der Waals surface area contributed by atoms with E-state index in [1.807, 2.05) is 18.2 Å². The van der Waals surface area contributed by atoms with E-state index in [-0.39, 0.29) is 17.2 Å². The molecular weight excluding hydrogens is 308 g/mol. The average Bonchev–Trinajstić information content (AvgIpc) is 2.87. The number of hydrogen-bond donors (Lipinski definition) is 1. The van der Waals surface area contributed by atoms with Crippen molar-refractivity contribution in [1.82, 2.24) is 19.7 Å². The number of aromatic amines is 1. The van der Waals surface area contributed by atoms with Crippen LogP contribution in [0.5, 0.6) is 5.88 Å². The lowest BCUT2D eigenvalue weighted by Gasteiger charge is -2.04. The van der Waals surface area contributed by atoms with Crippen LogP contribution < -0.4 is 10.3 Å². The van der Waals surface area contributed by atoms with Gasteiger partial charge in [0.25, 0.3) is 5.95 Å². The first-order valence-corrected chi connectivity index (χ1v) is 7.27. The highest BCUT2D eigenvalue weighted by Gasteiger charge is 2.15. The van der Waals surface area contributed by atoms with Crippen LogP contribution in [-0.2, 0) is 0 Å². The Kier molecular flexibility index (Phi) is 4.19. The van der Waals surface area contributed by atoms with Gasteiger partial charge in [0, 0.05) is 11.8 Å². The van der Waals surface area contributed by atoms with Gasteiger partial charge in [0.1, 0.15) is 0 Å². The molecule has 122 valence electrons. The molecule has 8 heteroatoms. The molecule has 0 aliphatic carbocycles. The Morgan fingerprint density at radius 1 is 1.12 bits per heavy atom. The summed E-state index contributed by atoms with van der Waals surface area (Å²) in [4.78, 5) is 21.0. The van der Waals surface area contributed by atoms with Gasteiger partial charge in [-0.1, -0.05) is 18.2 Å². The standard InChI is InChI=1S/C16H16N6O2/c1-10-9-13(24-3)18-16(17-10)22-15(23)14(11(2)21-22)20-19-12-7-5-4-6-8-12/h4-9,21H,1-3H3. The highest BCUT2D eigenvalue weighted by molar-refractivity contribution is 5.42. The molecule has 0 saturated heterocycles. The van der Waals surface area contributed by atoms with E-state index in [0.29, 0.717) is 23.0 Å². The summed E-state index contributed by atoms with van der Waals surface area (Å²) in [6.07, 6.45) is 0. The van der Waals surface area contributed by atoms with E-state index in [9.17, 15) is 4.79 Å². The first-order chi connectivity index (χ1) is 11.6. The molecule has 0 unspecified atom stereocenters. The van der Waals surface area contributed by atoms with E-state index in [2.05, 4.69) is 25.3 Å². The SMILES string of the molecule is COc1cc(C)nc(-n2[nH]c(C)c(N=Nc3ccccc3)c2=O)n1. The summed E-state index contributed by atoms with van der Waals surface area (Å²) in [6, 6.07) is 10.9. The molecule has 0 radical (unpaired) electrons. The van der Waals surface area contributed by atoms with Gasteiger partial charge in [-0.05, 0) is 26.0 Å². The number of rotatable bonds is 4. The fourth-order valence-electron chi connectivity index (χ4n) is 2.13. The van der Waals surface area contributed by atoms with Crippen molar-refractivity contribution in [2.24, 2.45) is 10.2 Å². The molecule has 8 nitrogen and oxygen atoms in total. The van der Waals surface area contributed by atoms with E-state index < -0.39 is 0 Å². The molecule has 3 aromatic rings. The molecule has 1 aromatic carbocycles. The molecule has 0 amide bonds. The first-order valence-electron chi connectivity index (χ1n) is 7.27. The Bertz CT molecular complexity index is 943. The Hall–Kier alpha value is -3.29. The zero-order valence-corrected chi connectivity index (χ0v) is 13.5. The van der Waals surface area contributed by atoms with Crippen molar-refractivity contribution in [3.8, 4) is 11.8 Å². The van der Waals surface area contributed by atoms with E-state index in [4.69, 9.17) is 4.74 Å². The van der Waals surface area contributed by atoms with Crippen LogP contribution in [-0.4, -0.2) is 26.9 Å². The quantitative estimate of drug-likeness (QED) is 0.746. The fourth-order valence-corrected chi connectivity index (χ4v) is 2.13. The number of aryl methyl sites for hydroxylation is 2. The number of aromatic nitrogens is 4. The topological polar surface area (TPSA) is 97.5 Å². The van der Waals surface area contributed by atoms with E-state index in [1.54, 1.807) is 32.0 Å². The van der Waals surface area contributed by atoms with Crippen molar-refractivity contribution in [2.45, 2.75) is 13.8 Å². The largest absolute Gasteiger partial charge is 0.481 e. The normalized spacial score (nSPS) is 11.1. The molecule has 1 N–H and O–H groups in total.